The number of piperazine rings is 3. The Morgan fingerprint density at radius 2 is 0.770 bits per heavy atom. The molecule has 3 aromatic carbocycles. The molecule has 6 atom stereocenters. The van der Waals surface area contributed by atoms with Crippen molar-refractivity contribution in [3.05, 3.63) is 245 Å². The van der Waals surface area contributed by atoms with Gasteiger partial charge in [-0.15, -0.1) is 0 Å². The summed E-state index contributed by atoms with van der Waals surface area (Å²) in [7, 11) is 0.270. The number of anilines is 3. The largest absolute Gasteiger partial charge is 0.355 e. The van der Waals surface area contributed by atoms with Crippen LogP contribution >= 0.6 is 34.8 Å². The van der Waals surface area contributed by atoms with Crippen LogP contribution in [0.3, 0.4) is 0 Å². The van der Waals surface area contributed by atoms with Crippen LogP contribution in [0.25, 0.3) is 83.9 Å². The Kier molecular flexibility index (Phi) is 30.8. The number of pyridine rings is 4. The minimum Gasteiger partial charge on any atom is -0.349 e. The molecule has 9 aromatic heterocycles. The predicted molar refractivity (Wildman–Crippen MR) is 546 cm³/mol. The third-order valence-corrected chi connectivity index (χ3v) is 27.7. The number of aromatic nitrogens is 14. The van der Waals surface area contributed by atoms with Gasteiger partial charge in [0.15, 0.2) is 26.8 Å². The number of hydrogen-bond donors (Lipinski definition) is 0. The minimum absolute atomic E-state index is 0.0272. The Bertz CT molecular complexity index is 7110. The van der Waals surface area contributed by atoms with Crippen LogP contribution in [0.4, 0.5) is 26.2 Å². The third-order valence-electron chi connectivity index (χ3n) is 25.7. The summed E-state index contributed by atoms with van der Waals surface area (Å²) in [5.41, 5.74) is 6.41. The molecule has 0 spiro atoms. The van der Waals surface area contributed by atoms with E-state index >= 15 is 8.78 Å². The molecule has 4 saturated heterocycles. The highest BCUT2D eigenvalue weighted by atomic mass is 35.5. The van der Waals surface area contributed by atoms with Crippen LogP contribution in [0.2, 0.25) is 15.1 Å². The lowest BCUT2D eigenvalue weighted by molar-refractivity contribution is -0.129. The fourth-order valence-electron chi connectivity index (χ4n) is 18.6. The SMILES string of the molecule is C=CC(=O)N1CC(C)N(c2nc(=O)n(-c3c(C(C)C)nc(CN(C)C)nc3C(C)C)c3nc(-c4ccccc4F)c(Cl)cc23)CC1C.C=CC(=O)N1CC(C)N(c2nc(=O)n(-c3c(C(C)C)nc(CN4CCC4)nc3C(C)C)c3nc(-c4ccccc4F)c(Cl)cc23)CC1C.C=CC(=O)N1CC(C)N(c2nc(=O)n(-c3c(C)ccnc3C(C)C)c3nc(-c4ccccc4S(C)(=O)=O)c(Cl)cc23)CC1C. The van der Waals surface area contributed by atoms with E-state index < -0.39 is 38.5 Å². The van der Waals surface area contributed by atoms with Gasteiger partial charge in [-0.05, 0) is 190 Å². The highest BCUT2D eigenvalue weighted by Crippen LogP contribution is 2.44. The number of nitrogens with zero attached hydrogens (tertiary/aromatic N) is 22. The molecule has 139 heavy (non-hydrogen) atoms. The average Bonchev–Trinajstić information content (AvgIpc) is 0.733. The van der Waals surface area contributed by atoms with E-state index in [9.17, 15) is 37.2 Å². The second kappa shape index (κ2) is 41.9. The van der Waals surface area contributed by atoms with Gasteiger partial charge in [0.2, 0.25) is 17.7 Å². The number of fused-ring (bicyclic) bond motifs is 3. The predicted octanol–water partition coefficient (Wildman–Crippen LogP) is 17.0. The maximum atomic E-state index is 15.2. The first-order valence-electron chi connectivity index (χ1n) is 46.8. The highest BCUT2D eigenvalue weighted by molar-refractivity contribution is 7.90. The molecule has 3 amide bonds. The smallest absolute Gasteiger partial charge is 0.349 e. The van der Waals surface area contributed by atoms with Crippen molar-refractivity contribution in [3.8, 4) is 50.8 Å². The van der Waals surface area contributed by atoms with Gasteiger partial charge in [-0.1, -0.05) is 166 Å². The highest BCUT2D eigenvalue weighted by Gasteiger charge is 2.40. The molecule has 0 saturated carbocycles. The molecule has 0 bridgehead atoms. The summed E-state index contributed by atoms with van der Waals surface area (Å²) in [4.78, 5) is 150. The fourth-order valence-corrected chi connectivity index (χ4v) is 20.2. The zero-order valence-corrected chi connectivity index (χ0v) is 85.3. The number of amides is 3. The molecule has 12 aromatic rings. The number of hydrogen-bond acceptors (Lipinski definition) is 24. The van der Waals surface area contributed by atoms with Crippen molar-refractivity contribution in [1.29, 1.82) is 0 Å². The van der Waals surface area contributed by atoms with Gasteiger partial charge in [0.25, 0.3) is 0 Å². The first kappa shape index (κ1) is 102. The normalized spacial score (nSPS) is 17.6. The van der Waals surface area contributed by atoms with Gasteiger partial charge >= 0.3 is 17.1 Å². The summed E-state index contributed by atoms with van der Waals surface area (Å²) in [6, 6.07) is 24.9. The number of carbonyl (C=O) groups is 3. The molecule has 0 N–H and O–H groups in total. The molecular weight excluding hydrogens is 1850 g/mol. The topological polar surface area (TPSA) is 319 Å². The van der Waals surface area contributed by atoms with E-state index in [1.807, 2.05) is 157 Å². The molecule has 13 heterocycles. The zero-order chi connectivity index (χ0) is 101. The summed E-state index contributed by atoms with van der Waals surface area (Å²) in [6.45, 7) is 50.4. The molecular formula is C103H119Cl3F2N22O8S. The second-order valence-electron chi connectivity index (χ2n) is 38.1. The quantitative estimate of drug-likeness (QED) is 0.0569. The van der Waals surface area contributed by atoms with E-state index in [1.165, 1.54) is 50.1 Å². The second-order valence-corrected chi connectivity index (χ2v) is 41.3. The number of rotatable bonds is 22. The molecule has 4 fully saturated rings. The van der Waals surface area contributed by atoms with E-state index in [1.54, 1.807) is 93.7 Å². The number of likely N-dealkylation sites (tertiary alicyclic amines) is 1. The van der Waals surface area contributed by atoms with Gasteiger partial charge in [-0.2, -0.15) is 15.0 Å². The molecule has 4 aliphatic rings. The molecule has 36 heteroatoms. The van der Waals surface area contributed by atoms with E-state index in [4.69, 9.17) is 74.7 Å². The Hall–Kier alpha value is -12.5. The average molecular weight is 1970 g/mol. The van der Waals surface area contributed by atoms with Crippen LogP contribution in [-0.2, 0) is 37.3 Å². The van der Waals surface area contributed by atoms with Crippen molar-refractivity contribution in [3.63, 3.8) is 0 Å². The van der Waals surface area contributed by atoms with Gasteiger partial charge in [-0.25, -0.2) is 80.2 Å². The number of carbonyl (C=O) groups excluding carboxylic acids is 3. The van der Waals surface area contributed by atoms with E-state index in [2.05, 4.69) is 39.6 Å². The molecule has 6 unspecified atom stereocenters. The van der Waals surface area contributed by atoms with Crippen LogP contribution in [-0.4, -0.2) is 228 Å². The van der Waals surface area contributed by atoms with Crippen LogP contribution < -0.4 is 31.8 Å². The summed E-state index contributed by atoms with van der Waals surface area (Å²) in [6.07, 6.45) is 7.92. The molecule has 4 aliphatic heterocycles. The van der Waals surface area contributed by atoms with Crippen LogP contribution in [0.5, 0.6) is 0 Å². The Labute approximate surface area is 823 Å². The van der Waals surface area contributed by atoms with Gasteiger partial charge in [0, 0.05) is 105 Å². The standard InChI is InChI=1S/C36H42ClFN8O2.C35H42ClFN8O2.C32H35ClN6O4S/c1-8-29(47)44-17-23(7)45(18-22(44)6)34-25-16-26(37)32(24-12-9-10-13-27(24)38)41-35(25)46(36(48)42-34)33-30(20(2)3)39-28(19-43-14-11-15-43)40-31(33)21(4)5;1-10-28(46)43-16-22(7)44(17-21(43)6)33-24-15-25(36)31(23-13-11-12-14-26(23)37)40-34(24)45(35(47)41-33)32-29(19(2)3)38-27(18-42(8)9)39-30(32)20(4)5;1-8-26(40)37-16-21(6)38(17-20(37)5)30-23-15-24(33)28(22-11-9-10-12-25(22)44(7,42)43)35-31(23)39(32(41)36-30)29-19(4)13-14-34-27(29)18(2)3/h8-10,12-13,16,20-23H,1,11,14-15,17-19H2,2-7H3;10-15,19-22H,1,16-18H2,2-9H3;8-15,18,20-21H,1,16-17H2,2-7H3. The maximum Gasteiger partial charge on any atom is 0.355 e. The number of halogens is 5. The van der Waals surface area contributed by atoms with E-state index in [0.29, 0.717) is 149 Å². The van der Waals surface area contributed by atoms with Crippen molar-refractivity contribution in [2.24, 2.45) is 0 Å². The summed E-state index contributed by atoms with van der Waals surface area (Å²) >= 11 is 20.7. The van der Waals surface area contributed by atoms with Crippen LogP contribution in [0.15, 0.2) is 161 Å². The van der Waals surface area contributed by atoms with Gasteiger partial charge in [0.05, 0.1) is 112 Å². The molecule has 16 rings (SSSR count). The molecule has 30 nitrogen and oxygen atoms in total. The Morgan fingerprint density at radius 3 is 1.09 bits per heavy atom. The monoisotopic (exact) mass is 1970 g/mol. The summed E-state index contributed by atoms with van der Waals surface area (Å²) in [5.74, 6) is 0.780. The van der Waals surface area contributed by atoms with Gasteiger partial charge < -0.3 is 34.3 Å². The molecule has 0 aliphatic carbocycles. The lowest BCUT2D eigenvalue weighted by Gasteiger charge is -2.44. The van der Waals surface area contributed by atoms with Crippen molar-refractivity contribution >= 4 is 113 Å². The first-order chi connectivity index (χ1) is 65.9. The number of benzene rings is 3. The van der Waals surface area contributed by atoms with Crippen molar-refractivity contribution in [2.75, 3.05) is 87.4 Å². The fraction of sp³-hybridized carbons (Fsp3) is 0.408. The Balaban J connectivity index is 0.000000166. The van der Waals surface area contributed by atoms with Crippen molar-refractivity contribution in [1.82, 2.24) is 93.0 Å². The van der Waals surface area contributed by atoms with E-state index in [0.717, 1.165) is 31.3 Å². The minimum atomic E-state index is -3.64. The summed E-state index contributed by atoms with van der Waals surface area (Å²) < 4.78 is 60.3. The third kappa shape index (κ3) is 20.6. The number of sulfone groups is 1. The Morgan fingerprint density at radius 1 is 0.446 bits per heavy atom. The zero-order valence-electron chi connectivity index (χ0n) is 82.2. The summed E-state index contributed by atoms with van der Waals surface area (Å²) in [5, 5.41) is 2.18. The van der Waals surface area contributed by atoms with Crippen molar-refractivity contribution in [2.45, 2.75) is 208 Å². The maximum absolute atomic E-state index is 15.2. The lowest BCUT2D eigenvalue weighted by atomic mass is 10.0. The number of aryl methyl sites for hydroxylation is 1. The molecule has 0 radical (unpaired) electrons. The van der Waals surface area contributed by atoms with E-state index in [-0.39, 0.29) is 149 Å². The van der Waals surface area contributed by atoms with Crippen molar-refractivity contribution < 1.29 is 31.6 Å². The van der Waals surface area contributed by atoms with Gasteiger partial charge in [-0.3, -0.25) is 24.3 Å². The lowest BCUT2D eigenvalue weighted by Crippen LogP contribution is -2.58. The van der Waals surface area contributed by atoms with Crippen LogP contribution in [0, 0.1) is 18.6 Å². The first-order valence-corrected chi connectivity index (χ1v) is 49.8. The van der Waals surface area contributed by atoms with Gasteiger partial charge in [0.1, 0.15) is 40.7 Å². The molecule has 730 valence electrons. The van der Waals surface area contributed by atoms with Crippen LogP contribution in [0.1, 0.15) is 192 Å².